The molecule has 0 aliphatic carbocycles. The molecule has 0 aliphatic rings. The molecule has 0 heterocycles. The van der Waals surface area contributed by atoms with Gasteiger partial charge in [-0.05, 0) is 48.9 Å². The zero-order valence-electron chi connectivity index (χ0n) is 18.9. The van der Waals surface area contributed by atoms with Gasteiger partial charge in [0.15, 0.2) is 0 Å². The number of hydrogen-bond donors (Lipinski definition) is 0. The third kappa shape index (κ3) is 5.64. The predicted molar refractivity (Wildman–Crippen MR) is 140 cm³/mol. The molecule has 4 heteroatoms. The van der Waals surface area contributed by atoms with Crippen molar-refractivity contribution in [1.29, 1.82) is 0 Å². The normalized spacial score (nSPS) is 11.1. The van der Waals surface area contributed by atoms with Crippen molar-refractivity contribution in [1.82, 2.24) is 0 Å². The number of hydrogen-bond acceptors (Lipinski definition) is 2. The first kappa shape index (κ1) is 23.1. The number of benzene rings is 4. The second-order valence-corrected chi connectivity index (χ2v) is 9.66. The lowest BCUT2D eigenvalue weighted by Crippen LogP contribution is -2.32. The molecule has 0 aromatic heterocycles. The number of nitrogens with zero attached hydrogens (tertiary/aromatic N) is 1. The molecule has 0 fully saturated rings. The summed E-state index contributed by atoms with van der Waals surface area (Å²) in [6, 6.07) is 33.8. The highest BCUT2D eigenvalue weighted by Gasteiger charge is 2.25. The molecular formula is C30H25NO2S. The average molecular weight is 464 g/mol. The van der Waals surface area contributed by atoms with Crippen LogP contribution >= 0.6 is 0 Å². The Morgan fingerprint density at radius 1 is 0.735 bits per heavy atom. The average Bonchev–Trinajstić information content (AvgIpc) is 2.87. The van der Waals surface area contributed by atoms with Crippen molar-refractivity contribution in [3.63, 3.8) is 0 Å². The maximum atomic E-state index is 13.8. The van der Waals surface area contributed by atoms with Gasteiger partial charge in [-0.2, -0.15) is 0 Å². The zero-order chi connectivity index (χ0) is 23.8. The second-order valence-electron chi connectivity index (χ2n) is 7.80. The standard InChI is InChI=1S/C30H25NO2S/c1-25-18-22-29(23-19-25)34(32,33)31(24-10-15-26-11-4-2-5-12-26)30-17-9-8-16-28(30)21-20-27-13-6-3-7-14-27/h2-19,22-23H,24H2,1H3/b15-10+. The first-order chi connectivity index (χ1) is 16.5. The van der Waals surface area contributed by atoms with E-state index in [-0.39, 0.29) is 11.4 Å². The summed E-state index contributed by atoms with van der Waals surface area (Å²) in [5, 5.41) is 0. The van der Waals surface area contributed by atoms with E-state index in [0.717, 1.165) is 16.7 Å². The van der Waals surface area contributed by atoms with Gasteiger partial charge in [-0.1, -0.05) is 102 Å². The van der Waals surface area contributed by atoms with Gasteiger partial charge < -0.3 is 0 Å². The summed E-state index contributed by atoms with van der Waals surface area (Å²) >= 11 is 0. The van der Waals surface area contributed by atoms with Crippen LogP contribution in [0, 0.1) is 18.8 Å². The van der Waals surface area contributed by atoms with E-state index in [4.69, 9.17) is 0 Å². The van der Waals surface area contributed by atoms with Gasteiger partial charge >= 0.3 is 0 Å². The van der Waals surface area contributed by atoms with E-state index in [1.165, 1.54) is 4.31 Å². The van der Waals surface area contributed by atoms with Gasteiger partial charge in [0.25, 0.3) is 10.0 Å². The fraction of sp³-hybridized carbons (Fsp3) is 0.0667. The van der Waals surface area contributed by atoms with E-state index in [9.17, 15) is 8.42 Å². The SMILES string of the molecule is Cc1ccc(S(=O)(=O)N(C/C=C/c2ccccc2)c2ccccc2C#Cc2ccccc2)cc1. The third-order valence-electron chi connectivity index (χ3n) is 5.28. The highest BCUT2D eigenvalue weighted by Crippen LogP contribution is 2.27. The molecule has 0 saturated heterocycles. The minimum atomic E-state index is -3.82. The van der Waals surface area contributed by atoms with Crippen LogP contribution in [0.3, 0.4) is 0 Å². The van der Waals surface area contributed by atoms with Crippen molar-refractivity contribution in [3.8, 4) is 11.8 Å². The number of sulfonamides is 1. The molecule has 4 aromatic rings. The number of para-hydroxylation sites is 1. The van der Waals surface area contributed by atoms with Crippen molar-refractivity contribution >= 4 is 21.8 Å². The Labute approximate surface area is 202 Å². The Hall–Kier alpha value is -4.07. The van der Waals surface area contributed by atoms with Crippen LogP contribution in [0.2, 0.25) is 0 Å². The van der Waals surface area contributed by atoms with E-state index in [1.54, 1.807) is 18.2 Å². The van der Waals surface area contributed by atoms with E-state index in [2.05, 4.69) is 11.8 Å². The number of aryl methyl sites for hydroxylation is 1. The monoisotopic (exact) mass is 463 g/mol. The van der Waals surface area contributed by atoms with Gasteiger partial charge in [-0.25, -0.2) is 8.42 Å². The molecular weight excluding hydrogens is 438 g/mol. The maximum Gasteiger partial charge on any atom is 0.264 e. The van der Waals surface area contributed by atoms with E-state index in [1.807, 2.05) is 110 Å². The minimum absolute atomic E-state index is 0.176. The summed E-state index contributed by atoms with van der Waals surface area (Å²) in [6.07, 6.45) is 3.79. The molecule has 0 radical (unpaired) electrons. The summed E-state index contributed by atoms with van der Waals surface area (Å²) in [5.41, 5.74) is 4.07. The van der Waals surface area contributed by atoms with Crippen molar-refractivity contribution in [3.05, 3.63) is 138 Å². The first-order valence-corrected chi connectivity index (χ1v) is 12.5. The minimum Gasteiger partial charge on any atom is -0.261 e. The van der Waals surface area contributed by atoms with E-state index >= 15 is 0 Å². The van der Waals surface area contributed by atoms with Crippen molar-refractivity contribution in [2.24, 2.45) is 0 Å². The van der Waals surface area contributed by atoms with Crippen molar-refractivity contribution < 1.29 is 8.42 Å². The molecule has 3 nitrogen and oxygen atoms in total. The molecule has 4 aromatic carbocycles. The quantitative estimate of drug-likeness (QED) is 0.315. The van der Waals surface area contributed by atoms with Gasteiger partial charge in [-0.15, -0.1) is 0 Å². The molecule has 0 aliphatic heterocycles. The summed E-state index contributed by atoms with van der Waals surface area (Å²) in [4.78, 5) is 0.247. The Morgan fingerprint density at radius 2 is 1.35 bits per heavy atom. The lowest BCUT2D eigenvalue weighted by molar-refractivity contribution is 0.593. The summed E-state index contributed by atoms with van der Waals surface area (Å²) in [6.45, 7) is 2.11. The van der Waals surface area contributed by atoms with Crippen LogP contribution in [0.4, 0.5) is 5.69 Å². The highest BCUT2D eigenvalue weighted by molar-refractivity contribution is 7.92. The Balaban J connectivity index is 1.76. The van der Waals surface area contributed by atoms with Crippen LogP contribution in [0.15, 0.2) is 120 Å². The van der Waals surface area contributed by atoms with Gasteiger partial charge in [-0.3, -0.25) is 4.31 Å². The van der Waals surface area contributed by atoms with E-state index < -0.39 is 10.0 Å². The molecule has 0 unspecified atom stereocenters. The molecule has 0 atom stereocenters. The lowest BCUT2D eigenvalue weighted by atomic mass is 10.1. The number of anilines is 1. The van der Waals surface area contributed by atoms with Crippen LogP contribution in [-0.4, -0.2) is 15.0 Å². The second kappa shape index (κ2) is 10.7. The molecule has 0 amide bonds. The van der Waals surface area contributed by atoms with Crippen LogP contribution < -0.4 is 4.31 Å². The lowest BCUT2D eigenvalue weighted by Gasteiger charge is -2.24. The van der Waals surface area contributed by atoms with Crippen molar-refractivity contribution in [2.45, 2.75) is 11.8 Å². The van der Waals surface area contributed by atoms with Gasteiger partial charge in [0.1, 0.15) is 0 Å². The fourth-order valence-corrected chi connectivity index (χ4v) is 4.90. The molecule has 0 N–H and O–H groups in total. The van der Waals surface area contributed by atoms with Crippen LogP contribution in [-0.2, 0) is 10.0 Å². The molecule has 0 bridgehead atoms. The number of rotatable bonds is 6. The topological polar surface area (TPSA) is 37.4 Å². The van der Waals surface area contributed by atoms with Crippen LogP contribution in [0.5, 0.6) is 0 Å². The molecule has 0 saturated carbocycles. The highest BCUT2D eigenvalue weighted by atomic mass is 32.2. The van der Waals surface area contributed by atoms with Crippen LogP contribution in [0.1, 0.15) is 22.3 Å². The smallest absolute Gasteiger partial charge is 0.261 e. The summed E-state index contributed by atoms with van der Waals surface area (Å²) in [7, 11) is -3.82. The Morgan fingerprint density at radius 3 is 2.06 bits per heavy atom. The fourth-order valence-electron chi connectivity index (χ4n) is 3.47. The van der Waals surface area contributed by atoms with Crippen molar-refractivity contribution in [2.75, 3.05) is 10.8 Å². The van der Waals surface area contributed by atoms with Gasteiger partial charge in [0.05, 0.1) is 17.1 Å². The first-order valence-electron chi connectivity index (χ1n) is 11.0. The third-order valence-corrected chi connectivity index (χ3v) is 7.07. The zero-order valence-corrected chi connectivity index (χ0v) is 19.7. The molecule has 168 valence electrons. The predicted octanol–water partition coefficient (Wildman–Crippen LogP) is 6.30. The molecule has 0 spiro atoms. The molecule has 34 heavy (non-hydrogen) atoms. The summed E-state index contributed by atoms with van der Waals surface area (Å²) in [5.74, 6) is 6.32. The van der Waals surface area contributed by atoms with Crippen LogP contribution in [0.25, 0.3) is 6.08 Å². The Bertz CT molecular complexity index is 1430. The van der Waals surface area contributed by atoms with E-state index in [0.29, 0.717) is 11.3 Å². The van der Waals surface area contributed by atoms with Gasteiger partial charge in [0.2, 0.25) is 0 Å². The maximum absolute atomic E-state index is 13.8. The Kier molecular flexibility index (Phi) is 7.27. The summed E-state index contributed by atoms with van der Waals surface area (Å²) < 4.78 is 28.9. The largest absolute Gasteiger partial charge is 0.264 e. The molecule has 4 rings (SSSR count). The van der Waals surface area contributed by atoms with Gasteiger partial charge in [0, 0.05) is 11.1 Å².